The number of nitrogens with zero attached hydrogens (tertiary/aromatic N) is 6. The molecule has 1 aromatic carbocycles. The number of carbonyl (C=O) groups is 2. The summed E-state index contributed by atoms with van der Waals surface area (Å²) in [7, 11) is 0. The molecule has 0 atom stereocenters. The molecule has 0 saturated carbocycles. The fraction of sp³-hybridized carbons (Fsp3) is 0.130. The van der Waals surface area contributed by atoms with Gasteiger partial charge in [0.25, 0.3) is 5.78 Å². The number of aromatic amines is 1. The molecule has 1 saturated heterocycles. The Hall–Kier alpha value is -4.69. The van der Waals surface area contributed by atoms with Crippen molar-refractivity contribution in [1.82, 2.24) is 35.4 Å². The van der Waals surface area contributed by atoms with Crippen molar-refractivity contribution in [2.45, 2.75) is 6.42 Å². The standard InChI is InChI=1S/C23H17FN8O2/c24-18-13-27-22(31-9-7-28-30-31)20-19(18)17(12-26-20)21(33)23(34)32-8-6-15(11-29-32)16(10-25)14-4-2-1-3-5-14/h1-5,7,9,12-13,26,29H,6,8,11H2. The maximum Gasteiger partial charge on any atom is 0.309 e. The molecule has 0 aliphatic carbocycles. The third-order valence-electron chi connectivity index (χ3n) is 5.61. The lowest BCUT2D eigenvalue weighted by atomic mass is 9.97. The average Bonchev–Trinajstić information content (AvgIpc) is 3.56. The Bertz CT molecular complexity index is 1460. The van der Waals surface area contributed by atoms with Gasteiger partial charge in [-0.05, 0) is 17.6 Å². The smallest absolute Gasteiger partial charge is 0.309 e. The minimum Gasteiger partial charge on any atom is -0.357 e. The molecule has 11 heteroatoms. The van der Waals surface area contributed by atoms with Crippen molar-refractivity contribution >= 4 is 28.2 Å². The number of nitriles is 1. The molecule has 1 fully saturated rings. The van der Waals surface area contributed by atoms with Crippen LogP contribution in [0.15, 0.2) is 60.7 Å². The summed E-state index contributed by atoms with van der Waals surface area (Å²) >= 11 is 0. The SMILES string of the molecule is N#CC(=C1CCN(C(=O)C(=O)c2c[nH]c3c(-n4ccnn4)ncc(F)c23)NC1)c1ccccc1. The first-order valence-electron chi connectivity index (χ1n) is 10.4. The van der Waals surface area contributed by atoms with E-state index in [1.807, 2.05) is 30.3 Å². The Balaban J connectivity index is 1.39. The molecule has 1 aliphatic heterocycles. The summed E-state index contributed by atoms with van der Waals surface area (Å²) in [5, 5.41) is 18.3. The summed E-state index contributed by atoms with van der Waals surface area (Å²) in [4.78, 5) is 32.8. The molecule has 5 rings (SSSR count). The third-order valence-corrected chi connectivity index (χ3v) is 5.61. The monoisotopic (exact) mass is 456 g/mol. The predicted molar refractivity (Wildman–Crippen MR) is 119 cm³/mol. The maximum absolute atomic E-state index is 14.7. The van der Waals surface area contributed by atoms with Gasteiger partial charge in [-0.2, -0.15) is 5.26 Å². The van der Waals surface area contributed by atoms with Crippen LogP contribution < -0.4 is 5.43 Å². The molecule has 4 aromatic rings. The van der Waals surface area contributed by atoms with E-state index in [0.717, 1.165) is 17.3 Å². The highest BCUT2D eigenvalue weighted by Gasteiger charge is 2.30. The molecule has 0 unspecified atom stereocenters. The van der Waals surface area contributed by atoms with Crippen LogP contribution in [-0.2, 0) is 4.79 Å². The number of pyridine rings is 1. The number of hydrazine groups is 1. The van der Waals surface area contributed by atoms with Gasteiger partial charge in [0.1, 0.15) is 0 Å². The van der Waals surface area contributed by atoms with Crippen LogP contribution >= 0.6 is 0 Å². The highest BCUT2D eigenvalue weighted by atomic mass is 19.1. The number of nitrogens with one attached hydrogen (secondary N) is 2. The Morgan fingerprint density at radius 2 is 2.03 bits per heavy atom. The van der Waals surface area contributed by atoms with E-state index in [2.05, 4.69) is 31.8 Å². The van der Waals surface area contributed by atoms with Gasteiger partial charge in [-0.15, -0.1) is 5.10 Å². The molecular weight excluding hydrogens is 439 g/mol. The van der Waals surface area contributed by atoms with Gasteiger partial charge in [-0.25, -0.2) is 19.5 Å². The lowest BCUT2D eigenvalue weighted by Crippen LogP contribution is -2.50. The Morgan fingerprint density at radius 3 is 2.71 bits per heavy atom. The summed E-state index contributed by atoms with van der Waals surface area (Å²) in [6, 6.07) is 11.5. The van der Waals surface area contributed by atoms with Gasteiger partial charge in [0.15, 0.2) is 11.6 Å². The van der Waals surface area contributed by atoms with Gasteiger partial charge in [0.2, 0.25) is 0 Å². The van der Waals surface area contributed by atoms with Crippen molar-refractivity contribution in [3.05, 3.63) is 77.6 Å². The third kappa shape index (κ3) is 3.62. The minimum absolute atomic E-state index is 0.0488. The number of halogens is 1. The molecule has 10 nitrogen and oxygen atoms in total. The van der Waals surface area contributed by atoms with Crippen LogP contribution in [-0.4, -0.2) is 54.8 Å². The second-order valence-corrected chi connectivity index (χ2v) is 7.56. The number of H-pyrrole nitrogens is 1. The summed E-state index contributed by atoms with van der Waals surface area (Å²) in [6.07, 6.45) is 5.65. The van der Waals surface area contributed by atoms with Crippen LogP contribution in [0.3, 0.4) is 0 Å². The van der Waals surface area contributed by atoms with Gasteiger partial charge < -0.3 is 4.98 Å². The normalized spacial score (nSPS) is 15.2. The van der Waals surface area contributed by atoms with Gasteiger partial charge in [0, 0.05) is 19.3 Å². The van der Waals surface area contributed by atoms with E-state index in [0.29, 0.717) is 12.0 Å². The average molecular weight is 456 g/mol. The molecule has 34 heavy (non-hydrogen) atoms. The summed E-state index contributed by atoms with van der Waals surface area (Å²) < 4.78 is 16.0. The molecule has 0 radical (unpaired) electrons. The second kappa shape index (κ2) is 8.68. The van der Waals surface area contributed by atoms with Crippen LogP contribution in [0.2, 0.25) is 0 Å². The molecule has 0 bridgehead atoms. The summed E-state index contributed by atoms with van der Waals surface area (Å²) in [5.41, 5.74) is 5.20. The van der Waals surface area contributed by atoms with E-state index < -0.39 is 17.5 Å². The number of rotatable bonds is 4. The largest absolute Gasteiger partial charge is 0.357 e. The Kier molecular flexibility index (Phi) is 5.41. The number of fused-ring (bicyclic) bond motifs is 1. The summed E-state index contributed by atoms with van der Waals surface area (Å²) in [6.45, 7) is 0.425. The number of Topliss-reactive ketones (excluding diaryl/α,β-unsaturated/α-hetero) is 1. The van der Waals surface area contributed by atoms with E-state index in [1.54, 1.807) is 0 Å². The van der Waals surface area contributed by atoms with Crippen molar-refractivity contribution in [1.29, 1.82) is 5.26 Å². The second-order valence-electron chi connectivity index (χ2n) is 7.56. The topological polar surface area (TPSA) is 133 Å². The van der Waals surface area contributed by atoms with E-state index >= 15 is 0 Å². The van der Waals surface area contributed by atoms with Crippen molar-refractivity contribution in [3.8, 4) is 11.9 Å². The van der Waals surface area contributed by atoms with E-state index in [1.165, 1.54) is 28.3 Å². The van der Waals surface area contributed by atoms with Crippen LogP contribution in [0.4, 0.5) is 4.39 Å². The maximum atomic E-state index is 14.7. The molecule has 4 heterocycles. The van der Waals surface area contributed by atoms with Gasteiger partial charge in [0.05, 0.1) is 46.7 Å². The fourth-order valence-corrected chi connectivity index (χ4v) is 3.95. The Labute approximate surface area is 192 Å². The molecule has 2 N–H and O–H groups in total. The number of hydrogen-bond acceptors (Lipinski definition) is 7. The zero-order valence-electron chi connectivity index (χ0n) is 17.7. The highest BCUT2D eigenvalue weighted by molar-refractivity contribution is 6.44. The van der Waals surface area contributed by atoms with Gasteiger partial charge >= 0.3 is 5.91 Å². The van der Waals surface area contributed by atoms with Crippen molar-refractivity contribution in [3.63, 3.8) is 0 Å². The molecule has 3 aromatic heterocycles. The summed E-state index contributed by atoms with van der Waals surface area (Å²) in [5.74, 6) is -2.19. The van der Waals surface area contributed by atoms with Gasteiger partial charge in [-0.1, -0.05) is 35.5 Å². The highest BCUT2D eigenvalue weighted by Crippen LogP contribution is 2.27. The molecule has 1 aliphatic rings. The number of benzene rings is 1. The van der Waals surface area contributed by atoms with Crippen molar-refractivity contribution in [2.24, 2.45) is 0 Å². The van der Waals surface area contributed by atoms with Crippen LogP contribution in [0, 0.1) is 17.1 Å². The molecule has 0 spiro atoms. The Morgan fingerprint density at radius 1 is 1.21 bits per heavy atom. The zero-order chi connectivity index (χ0) is 23.7. The predicted octanol–water partition coefficient (Wildman–Crippen LogP) is 2.18. The number of allylic oxidation sites excluding steroid dienone is 1. The first-order valence-corrected chi connectivity index (χ1v) is 10.4. The number of hydrogen-bond donors (Lipinski definition) is 2. The van der Waals surface area contributed by atoms with E-state index in [9.17, 15) is 19.2 Å². The van der Waals surface area contributed by atoms with Crippen LogP contribution in [0.1, 0.15) is 22.3 Å². The van der Waals surface area contributed by atoms with E-state index in [-0.39, 0.29) is 35.4 Å². The quantitative estimate of drug-likeness (QED) is 0.273. The molecule has 1 amide bonds. The lowest BCUT2D eigenvalue weighted by molar-refractivity contribution is -0.129. The number of carbonyl (C=O) groups excluding carboxylic acids is 2. The van der Waals surface area contributed by atoms with Gasteiger partial charge in [-0.3, -0.25) is 14.6 Å². The van der Waals surface area contributed by atoms with E-state index in [4.69, 9.17) is 0 Å². The number of aromatic nitrogens is 5. The van der Waals surface area contributed by atoms with Crippen molar-refractivity contribution in [2.75, 3.05) is 13.1 Å². The first kappa shape index (κ1) is 21.2. The van der Waals surface area contributed by atoms with Crippen LogP contribution in [0.25, 0.3) is 22.3 Å². The van der Waals surface area contributed by atoms with Crippen molar-refractivity contribution < 1.29 is 14.0 Å². The molecular formula is C23H17FN8O2. The first-order chi connectivity index (χ1) is 16.6. The zero-order valence-corrected chi connectivity index (χ0v) is 17.7. The number of amides is 1. The fourth-order valence-electron chi connectivity index (χ4n) is 3.95. The minimum atomic E-state index is -0.871. The van der Waals surface area contributed by atoms with Crippen LogP contribution in [0.5, 0.6) is 0 Å². The molecule has 168 valence electrons. The number of ketones is 1. The lowest BCUT2D eigenvalue weighted by Gasteiger charge is -2.29.